The Morgan fingerprint density at radius 1 is 1.06 bits per heavy atom. The van der Waals surface area contributed by atoms with Gasteiger partial charge in [-0.15, -0.1) is 0 Å². The van der Waals surface area contributed by atoms with Crippen LogP contribution in [0, 0.1) is 12.5 Å². The van der Waals surface area contributed by atoms with Crippen molar-refractivity contribution in [2.75, 3.05) is 6.61 Å². The van der Waals surface area contributed by atoms with Gasteiger partial charge in [0.05, 0.1) is 0 Å². The lowest BCUT2D eigenvalue weighted by atomic mass is 10.0. The van der Waals surface area contributed by atoms with Crippen LogP contribution in [0.2, 0.25) is 0 Å². The predicted molar refractivity (Wildman–Crippen MR) is 69.6 cm³/mol. The van der Waals surface area contributed by atoms with Crippen LogP contribution in [0.4, 0.5) is 0 Å². The molecule has 0 saturated carbocycles. The van der Waals surface area contributed by atoms with Crippen molar-refractivity contribution < 1.29 is 4.74 Å². The van der Waals surface area contributed by atoms with E-state index >= 15 is 0 Å². The minimum absolute atomic E-state index is 0.217. The molecule has 97 valence electrons. The van der Waals surface area contributed by atoms with Crippen LogP contribution in [0.25, 0.3) is 0 Å². The zero-order chi connectivity index (χ0) is 12.2. The van der Waals surface area contributed by atoms with E-state index in [0.29, 0.717) is 6.42 Å². The van der Waals surface area contributed by atoms with E-state index in [0.717, 1.165) is 18.9 Å². The molecule has 0 bridgehead atoms. The average molecular weight is 229 g/mol. The van der Waals surface area contributed by atoms with Gasteiger partial charge in [-0.05, 0) is 12.3 Å². The zero-order valence-corrected chi connectivity index (χ0v) is 11.0. The molecule has 4 N–H and O–H groups in total. The summed E-state index contributed by atoms with van der Waals surface area (Å²) in [6, 6.07) is 0. The molecular formula is C13H29N2O. The number of unbranched alkanes of at least 4 members (excludes halogenated alkanes) is 4. The van der Waals surface area contributed by atoms with Crippen molar-refractivity contribution in [2.45, 2.75) is 65.0 Å². The summed E-state index contributed by atoms with van der Waals surface area (Å²) in [6.45, 7) is 6.88. The van der Waals surface area contributed by atoms with E-state index in [9.17, 15) is 0 Å². The first-order valence-electron chi connectivity index (χ1n) is 6.57. The molecular weight excluding hydrogens is 200 g/mol. The monoisotopic (exact) mass is 229 g/mol. The first-order valence-corrected chi connectivity index (χ1v) is 6.57. The minimum atomic E-state index is -0.217. The molecule has 0 rings (SSSR count). The molecule has 3 heteroatoms. The molecule has 0 amide bonds. The van der Waals surface area contributed by atoms with Crippen LogP contribution in [0.3, 0.4) is 0 Å². The molecule has 3 nitrogen and oxygen atoms in total. The molecule has 1 atom stereocenters. The maximum Gasteiger partial charge on any atom is 0.107 e. The van der Waals surface area contributed by atoms with E-state index in [-0.39, 0.29) is 6.23 Å². The van der Waals surface area contributed by atoms with Crippen LogP contribution in [0.15, 0.2) is 0 Å². The Morgan fingerprint density at radius 2 is 1.69 bits per heavy atom. The SMILES string of the molecule is CC(C)CCCCCCCOC(N)C[CH]N. The number of hydrogen-bond acceptors (Lipinski definition) is 3. The van der Waals surface area contributed by atoms with Gasteiger partial charge in [-0.1, -0.05) is 46.0 Å². The Balaban J connectivity index is 3.04. The zero-order valence-electron chi connectivity index (χ0n) is 11.0. The second-order valence-electron chi connectivity index (χ2n) is 4.83. The van der Waals surface area contributed by atoms with Crippen LogP contribution in [0.1, 0.15) is 58.8 Å². The standard InChI is InChI=1S/C13H29N2O/c1-12(2)8-6-4-3-5-7-11-16-13(15)9-10-14/h10,12-13H,3-9,11,14-15H2,1-2H3. The van der Waals surface area contributed by atoms with E-state index in [1.165, 1.54) is 32.1 Å². The van der Waals surface area contributed by atoms with Gasteiger partial charge in [0.15, 0.2) is 0 Å². The summed E-state index contributed by atoms with van der Waals surface area (Å²) in [4.78, 5) is 0. The molecule has 0 aliphatic heterocycles. The van der Waals surface area contributed by atoms with Crippen LogP contribution < -0.4 is 11.5 Å². The molecule has 1 radical (unpaired) electrons. The third-order valence-electron chi connectivity index (χ3n) is 2.63. The molecule has 0 aromatic rings. The van der Waals surface area contributed by atoms with Crippen LogP contribution in [-0.4, -0.2) is 12.8 Å². The van der Waals surface area contributed by atoms with E-state index in [1.807, 2.05) is 0 Å². The van der Waals surface area contributed by atoms with Crippen molar-refractivity contribution in [1.29, 1.82) is 0 Å². The summed E-state index contributed by atoms with van der Waals surface area (Å²) >= 11 is 0. The fourth-order valence-corrected chi connectivity index (χ4v) is 1.62. The van der Waals surface area contributed by atoms with E-state index in [2.05, 4.69) is 13.8 Å². The lowest BCUT2D eigenvalue weighted by Crippen LogP contribution is -2.25. The first kappa shape index (κ1) is 15.9. The molecule has 0 spiro atoms. The largest absolute Gasteiger partial charge is 0.364 e. The highest BCUT2D eigenvalue weighted by Crippen LogP contribution is 2.10. The minimum Gasteiger partial charge on any atom is -0.364 e. The Kier molecular flexibility index (Phi) is 11.3. The summed E-state index contributed by atoms with van der Waals surface area (Å²) in [6.07, 6.45) is 8.15. The maximum absolute atomic E-state index is 5.65. The Hall–Kier alpha value is -0.120. The average Bonchev–Trinajstić information content (AvgIpc) is 2.22. The Morgan fingerprint density at radius 3 is 2.31 bits per heavy atom. The molecule has 0 aromatic carbocycles. The van der Waals surface area contributed by atoms with Crippen molar-refractivity contribution >= 4 is 0 Å². The number of ether oxygens (including phenoxy) is 1. The summed E-state index contributed by atoms with van der Waals surface area (Å²) in [7, 11) is 0. The lowest BCUT2D eigenvalue weighted by Gasteiger charge is -2.11. The van der Waals surface area contributed by atoms with Gasteiger partial charge in [-0.25, -0.2) is 0 Å². The molecule has 0 aliphatic carbocycles. The lowest BCUT2D eigenvalue weighted by molar-refractivity contribution is 0.0545. The van der Waals surface area contributed by atoms with E-state index in [4.69, 9.17) is 16.2 Å². The predicted octanol–water partition coefficient (Wildman–Crippen LogP) is 2.79. The quantitative estimate of drug-likeness (QED) is 0.423. The van der Waals surface area contributed by atoms with E-state index < -0.39 is 0 Å². The number of rotatable bonds is 11. The normalized spacial score (nSPS) is 13.3. The molecule has 0 aromatic heterocycles. The van der Waals surface area contributed by atoms with Gasteiger partial charge >= 0.3 is 0 Å². The van der Waals surface area contributed by atoms with Gasteiger partial charge in [0.25, 0.3) is 0 Å². The highest BCUT2D eigenvalue weighted by Gasteiger charge is 2.00. The van der Waals surface area contributed by atoms with E-state index in [1.54, 1.807) is 6.54 Å². The van der Waals surface area contributed by atoms with Gasteiger partial charge in [-0.2, -0.15) is 0 Å². The Bertz CT molecular complexity index is 140. The molecule has 0 aliphatic rings. The third-order valence-corrected chi connectivity index (χ3v) is 2.63. The van der Waals surface area contributed by atoms with Gasteiger partial charge in [0.2, 0.25) is 0 Å². The van der Waals surface area contributed by atoms with Gasteiger partial charge < -0.3 is 16.2 Å². The summed E-state index contributed by atoms with van der Waals surface area (Å²) in [5.74, 6) is 0.842. The maximum atomic E-state index is 5.65. The Labute approximate surface area is 101 Å². The topological polar surface area (TPSA) is 61.3 Å². The molecule has 0 heterocycles. The highest BCUT2D eigenvalue weighted by atomic mass is 16.5. The molecule has 1 unspecified atom stereocenters. The molecule has 16 heavy (non-hydrogen) atoms. The van der Waals surface area contributed by atoms with Crippen molar-refractivity contribution in [3.8, 4) is 0 Å². The third kappa shape index (κ3) is 12.0. The summed E-state index contributed by atoms with van der Waals surface area (Å²) in [5.41, 5.74) is 10.9. The van der Waals surface area contributed by atoms with Crippen LogP contribution in [-0.2, 0) is 4.74 Å². The van der Waals surface area contributed by atoms with Gasteiger partial charge in [-0.3, -0.25) is 0 Å². The fourth-order valence-electron chi connectivity index (χ4n) is 1.62. The fraction of sp³-hybridized carbons (Fsp3) is 0.923. The summed E-state index contributed by atoms with van der Waals surface area (Å²) in [5, 5.41) is 0. The van der Waals surface area contributed by atoms with Gasteiger partial charge in [0.1, 0.15) is 6.23 Å². The second kappa shape index (κ2) is 11.4. The molecule has 0 saturated heterocycles. The first-order chi connectivity index (χ1) is 7.66. The van der Waals surface area contributed by atoms with Crippen molar-refractivity contribution in [2.24, 2.45) is 17.4 Å². The van der Waals surface area contributed by atoms with Crippen LogP contribution >= 0.6 is 0 Å². The smallest absolute Gasteiger partial charge is 0.107 e. The number of nitrogens with two attached hydrogens (primary N) is 2. The second-order valence-corrected chi connectivity index (χ2v) is 4.83. The highest BCUT2D eigenvalue weighted by molar-refractivity contribution is 4.59. The molecule has 0 fully saturated rings. The van der Waals surface area contributed by atoms with Crippen LogP contribution in [0.5, 0.6) is 0 Å². The van der Waals surface area contributed by atoms with Crippen molar-refractivity contribution in [3.63, 3.8) is 0 Å². The summed E-state index contributed by atoms with van der Waals surface area (Å²) < 4.78 is 5.39. The van der Waals surface area contributed by atoms with Crippen molar-refractivity contribution in [3.05, 3.63) is 6.54 Å². The van der Waals surface area contributed by atoms with Crippen molar-refractivity contribution in [1.82, 2.24) is 0 Å². The van der Waals surface area contributed by atoms with Gasteiger partial charge in [0, 0.05) is 19.6 Å². The number of hydrogen-bond donors (Lipinski definition) is 2.